The molecule has 1 saturated heterocycles. The number of carbonyl (C=O) groups is 2. The van der Waals surface area contributed by atoms with E-state index in [9.17, 15) is 13.8 Å². The number of likely N-dealkylation sites (tertiary alicyclic amines) is 1. The third-order valence-corrected chi connectivity index (χ3v) is 6.17. The number of piperidine rings is 1. The van der Waals surface area contributed by atoms with Crippen molar-refractivity contribution in [2.24, 2.45) is 0 Å². The van der Waals surface area contributed by atoms with E-state index in [1.807, 2.05) is 37.2 Å². The minimum atomic E-state index is -1.55. The van der Waals surface area contributed by atoms with Gasteiger partial charge in [-0.05, 0) is 38.0 Å². The lowest BCUT2D eigenvalue weighted by Gasteiger charge is -2.30. The van der Waals surface area contributed by atoms with Gasteiger partial charge in [0.05, 0.1) is 11.9 Å². The van der Waals surface area contributed by atoms with E-state index in [-0.39, 0.29) is 17.1 Å². The fourth-order valence-electron chi connectivity index (χ4n) is 3.10. The SMILES string of the molecule is CCOC(=O)N1CCC(S(=O)NC(=O)c2cc3ccc(N(C)C)cc3o2)CC1. The summed E-state index contributed by atoms with van der Waals surface area (Å²) in [6, 6.07) is 7.32. The van der Waals surface area contributed by atoms with Crippen molar-refractivity contribution >= 4 is 39.6 Å². The molecule has 0 saturated carbocycles. The summed E-state index contributed by atoms with van der Waals surface area (Å²) in [5.41, 5.74) is 1.57. The van der Waals surface area contributed by atoms with Crippen LogP contribution in [0.4, 0.5) is 10.5 Å². The van der Waals surface area contributed by atoms with E-state index in [1.54, 1.807) is 17.9 Å². The van der Waals surface area contributed by atoms with Crippen LogP contribution in [0, 0.1) is 0 Å². The molecule has 1 N–H and O–H groups in total. The van der Waals surface area contributed by atoms with Crippen molar-refractivity contribution < 1.29 is 23.0 Å². The molecule has 1 aromatic heterocycles. The first-order chi connectivity index (χ1) is 13.4. The Morgan fingerprint density at radius 3 is 2.64 bits per heavy atom. The second-order valence-electron chi connectivity index (χ2n) is 6.84. The summed E-state index contributed by atoms with van der Waals surface area (Å²) in [5.74, 6) is -0.378. The third-order valence-electron chi connectivity index (χ3n) is 4.71. The average Bonchev–Trinajstić information content (AvgIpc) is 3.11. The van der Waals surface area contributed by atoms with E-state index in [2.05, 4.69) is 4.72 Å². The molecular weight excluding hydrogens is 382 g/mol. The molecular formula is C19H25N3O5S. The van der Waals surface area contributed by atoms with Gasteiger partial charge in [-0.25, -0.2) is 9.00 Å². The van der Waals surface area contributed by atoms with Crippen molar-refractivity contribution in [3.8, 4) is 0 Å². The Hall–Kier alpha value is -2.55. The molecule has 8 nitrogen and oxygen atoms in total. The van der Waals surface area contributed by atoms with Crippen LogP contribution in [0.2, 0.25) is 0 Å². The van der Waals surface area contributed by atoms with Gasteiger partial charge in [0.1, 0.15) is 16.6 Å². The van der Waals surface area contributed by atoms with Gasteiger partial charge in [-0.15, -0.1) is 0 Å². The lowest BCUT2D eigenvalue weighted by Crippen LogP contribution is -2.44. The quantitative estimate of drug-likeness (QED) is 0.819. The predicted octanol–water partition coefficient (Wildman–Crippen LogP) is 2.51. The topological polar surface area (TPSA) is 92.1 Å². The Bertz CT molecular complexity index is 887. The summed E-state index contributed by atoms with van der Waals surface area (Å²) in [4.78, 5) is 27.7. The molecule has 0 bridgehead atoms. The highest BCUT2D eigenvalue weighted by molar-refractivity contribution is 7.84. The summed E-state index contributed by atoms with van der Waals surface area (Å²) < 4.78 is 25.7. The van der Waals surface area contributed by atoms with Gasteiger partial charge in [0.15, 0.2) is 5.76 Å². The Balaban J connectivity index is 1.59. The first-order valence-electron chi connectivity index (χ1n) is 9.23. The van der Waals surface area contributed by atoms with Crippen LogP contribution in [0.5, 0.6) is 0 Å². The molecule has 0 spiro atoms. The summed E-state index contributed by atoms with van der Waals surface area (Å²) in [7, 11) is 2.30. The maximum absolute atomic E-state index is 12.5. The minimum Gasteiger partial charge on any atom is -0.451 e. The van der Waals surface area contributed by atoms with Gasteiger partial charge >= 0.3 is 6.09 Å². The smallest absolute Gasteiger partial charge is 0.409 e. The largest absolute Gasteiger partial charge is 0.451 e. The Kier molecular flexibility index (Phi) is 6.23. The van der Waals surface area contributed by atoms with Crippen LogP contribution in [-0.4, -0.2) is 60.2 Å². The van der Waals surface area contributed by atoms with Crippen LogP contribution < -0.4 is 9.62 Å². The number of benzene rings is 1. The lowest BCUT2D eigenvalue weighted by atomic mass is 10.1. The van der Waals surface area contributed by atoms with Gasteiger partial charge < -0.3 is 19.0 Å². The number of ether oxygens (including phenoxy) is 1. The van der Waals surface area contributed by atoms with Crippen LogP contribution in [0.25, 0.3) is 11.0 Å². The molecule has 1 aliphatic rings. The summed E-state index contributed by atoms with van der Waals surface area (Å²) in [6.45, 7) is 3.01. The van der Waals surface area contributed by atoms with Crippen molar-refractivity contribution in [2.45, 2.75) is 25.0 Å². The second-order valence-corrected chi connectivity index (χ2v) is 8.31. The molecule has 1 atom stereocenters. The number of rotatable bonds is 5. The average molecular weight is 407 g/mol. The maximum atomic E-state index is 12.5. The molecule has 1 aliphatic heterocycles. The van der Waals surface area contributed by atoms with Crippen molar-refractivity contribution in [3.63, 3.8) is 0 Å². The molecule has 152 valence electrons. The van der Waals surface area contributed by atoms with E-state index in [0.717, 1.165) is 11.1 Å². The molecule has 28 heavy (non-hydrogen) atoms. The van der Waals surface area contributed by atoms with Crippen molar-refractivity contribution in [3.05, 3.63) is 30.0 Å². The second kappa shape index (κ2) is 8.64. The highest BCUT2D eigenvalue weighted by Crippen LogP contribution is 2.24. The van der Waals surface area contributed by atoms with Crippen LogP contribution in [0.1, 0.15) is 30.3 Å². The van der Waals surface area contributed by atoms with Crippen LogP contribution in [-0.2, 0) is 15.7 Å². The molecule has 0 aliphatic carbocycles. The lowest BCUT2D eigenvalue weighted by molar-refractivity contribution is 0.0950. The van der Waals surface area contributed by atoms with Crippen LogP contribution in [0.3, 0.4) is 0 Å². The van der Waals surface area contributed by atoms with Crippen molar-refractivity contribution in [1.29, 1.82) is 0 Å². The Morgan fingerprint density at radius 2 is 2.00 bits per heavy atom. The number of carbonyl (C=O) groups excluding carboxylic acids is 2. The zero-order valence-corrected chi connectivity index (χ0v) is 17.1. The Morgan fingerprint density at radius 1 is 1.29 bits per heavy atom. The highest BCUT2D eigenvalue weighted by Gasteiger charge is 2.28. The molecule has 9 heteroatoms. The molecule has 2 heterocycles. The normalized spacial score (nSPS) is 16.0. The summed E-state index contributed by atoms with van der Waals surface area (Å²) in [5, 5.41) is 0.601. The summed E-state index contributed by atoms with van der Waals surface area (Å²) >= 11 is 0. The van der Waals surface area contributed by atoms with E-state index < -0.39 is 16.9 Å². The number of amides is 2. The predicted molar refractivity (Wildman–Crippen MR) is 108 cm³/mol. The number of fused-ring (bicyclic) bond motifs is 1. The fourth-order valence-corrected chi connectivity index (χ4v) is 4.19. The van der Waals surface area contributed by atoms with Gasteiger partial charge in [-0.2, -0.15) is 0 Å². The molecule has 1 aromatic carbocycles. The van der Waals surface area contributed by atoms with Gasteiger partial charge in [-0.3, -0.25) is 9.52 Å². The Labute approximate surface area is 166 Å². The molecule has 1 fully saturated rings. The molecule has 2 amide bonds. The van der Waals surface area contributed by atoms with Crippen molar-refractivity contribution in [2.75, 3.05) is 38.7 Å². The number of nitrogens with zero attached hydrogens (tertiary/aromatic N) is 2. The standard InChI is InChI=1S/C19H25N3O5S/c1-4-26-19(24)22-9-7-15(8-10-22)28(25)20-18(23)17-11-13-5-6-14(21(2)3)12-16(13)27-17/h5-6,11-12,15H,4,7-10H2,1-3H3,(H,20,23). The first kappa shape index (κ1) is 20.2. The van der Waals surface area contributed by atoms with Gasteiger partial charge in [0.2, 0.25) is 0 Å². The third kappa shape index (κ3) is 4.46. The zero-order valence-electron chi connectivity index (χ0n) is 16.3. The van der Waals surface area contributed by atoms with Gasteiger partial charge in [0.25, 0.3) is 5.91 Å². The molecule has 0 radical (unpaired) electrons. The first-order valence-corrected chi connectivity index (χ1v) is 10.4. The summed E-state index contributed by atoms with van der Waals surface area (Å²) in [6.07, 6.45) is 0.728. The fraction of sp³-hybridized carbons (Fsp3) is 0.474. The maximum Gasteiger partial charge on any atom is 0.409 e. The highest BCUT2D eigenvalue weighted by atomic mass is 32.2. The number of hydrogen-bond donors (Lipinski definition) is 1. The minimum absolute atomic E-state index is 0.128. The van der Waals surface area contributed by atoms with E-state index in [4.69, 9.17) is 9.15 Å². The van der Waals surface area contributed by atoms with E-state index >= 15 is 0 Å². The van der Waals surface area contributed by atoms with Crippen molar-refractivity contribution in [1.82, 2.24) is 9.62 Å². The number of hydrogen-bond acceptors (Lipinski definition) is 6. The van der Waals surface area contributed by atoms with Crippen LogP contribution >= 0.6 is 0 Å². The van der Waals surface area contributed by atoms with E-state index in [1.165, 1.54) is 0 Å². The molecule has 3 rings (SSSR count). The van der Waals surface area contributed by atoms with Gasteiger partial charge in [-0.1, -0.05) is 0 Å². The monoisotopic (exact) mass is 407 g/mol. The molecule has 1 unspecified atom stereocenters. The zero-order chi connectivity index (χ0) is 20.3. The number of furan rings is 1. The van der Waals surface area contributed by atoms with E-state index in [0.29, 0.717) is 38.1 Å². The van der Waals surface area contributed by atoms with Gasteiger partial charge in [0, 0.05) is 44.3 Å². The molecule has 2 aromatic rings. The number of anilines is 1. The van der Waals surface area contributed by atoms with Crippen LogP contribution in [0.15, 0.2) is 28.7 Å². The number of nitrogens with one attached hydrogen (secondary N) is 1.